The van der Waals surface area contributed by atoms with Gasteiger partial charge in [0, 0.05) is 10.9 Å². The molecule has 1 atom stereocenters. The lowest BCUT2D eigenvalue weighted by molar-refractivity contribution is -0.943. The van der Waals surface area contributed by atoms with E-state index in [4.69, 9.17) is 4.74 Å². The normalized spacial score (nSPS) is 12.3. The molecule has 3 aromatic rings. The van der Waals surface area contributed by atoms with E-state index in [1.54, 1.807) is 0 Å². The molecule has 0 radical (unpaired) electrons. The molecule has 0 aliphatic rings. The summed E-state index contributed by atoms with van der Waals surface area (Å²) in [5.74, 6) is 1.65. The molecule has 3 nitrogen and oxygen atoms in total. The summed E-state index contributed by atoms with van der Waals surface area (Å²) in [7, 11) is 4.40. The molecule has 1 N–H and O–H groups in total. The van der Waals surface area contributed by atoms with E-state index in [2.05, 4.69) is 85.1 Å². The van der Waals surface area contributed by atoms with Gasteiger partial charge in [-0.25, -0.2) is 0 Å². The van der Waals surface area contributed by atoms with Crippen LogP contribution in [0.15, 0.2) is 60.7 Å². The Hall–Kier alpha value is -2.07. The third-order valence-corrected chi connectivity index (χ3v) is 6.32. The average Bonchev–Trinajstić information content (AvgIpc) is 2.80. The van der Waals surface area contributed by atoms with Crippen LogP contribution < -0.4 is 12.4 Å². The summed E-state index contributed by atoms with van der Waals surface area (Å²) in [6.45, 7) is 14.9. The number of nitrogens with zero attached hydrogens (tertiary/aromatic N) is 1. The summed E-state index contributed by atoms with van der Waals surface area (Å²) >= 11 is 0. The van der Waals surface area contributed by atoms with Crippen LogP contribution in [0.4, 0.5) is 0 Å². The molecule has 0 aliphatic heterocycles. The van der Waals surface area contributed by atoms with Crippen LogP contribution >= 0.6 is 0 Å². The van der Waals surface area contributed by atoms with Crippen LogP contribution in [0, 0.1) is 11.8 Å². The lowest BCUT2D eigenvalue weighted by atomic mass is 9.89. The molecule has 0 bridgehead atoms. The van der Waals surface area contributed by atoms with Crippen molar-refractivity contribution >= 4 is 10.8 Å². The first-order valence-corrected chi connectivity index (χ1v) is 12.8. The predicted molar refractivity (Wildman–Crippen MR) is 146 cm³/mol. The Labute approximate surface area is 220 Å². The smallest absolute Gasteiger partial charge is 0.219 e. The van der Waals surface area contributed by atoms with Gasteiger partial charge < -0.3 is 22.3 Å². The SMILES string of the molecule is CC(C)Cc1cc2ccccc2c(O)c1CC(C)C.CCOC(c1ccccc1)[N+](C)(C)CC.[Cl-]. The first-order chi connectivity index (χ1) is 16.1. The number of benzene rings is 3. The summed E-state index contributed by atoms with van der Waals surface area (Å²) < 4.78 is 6.71. The van der Waals surface area contributed by atoms with Gasteiger partial charge in [-0.2, -0.15) is 0 Å². The quantitative estimate of drug-likeness (QED) is 0.339. The summed E-state index contributed by atoms with van der Waals surface area (Å²) in [6.07, 6.45) is 2.11. The maximum atomic E-state index is 10.6. The zero-order valence-electron chi connectivity index (χ0n) is 23.0. The first kappa shape index (κ1) is 31.0. The zero-order chi connectivity index (χ0) is 25.3. The van der Waals surface area contributed by atoms with Crippen molar-refractivity contribution in [3.8, 4) is 5.75 Å². The number of ether oxygens (including phenoxy) is 1. The van der Waals surface area contributed by atoms with Crippen LogP contribution in [-0.4, -0.2) is 36.8 Å². The van der Waals surface area contributed by atoms with Gasteiger partial charge in [0.1, 0.15) is 5.75 Å². The monoisotopic (exact) mass is 499 g/mol. The Bertz CT molecular complexity index is 1020. The van der Waals surface area contributed by atoms with Crippen LogP contribution in [0.1, 0.15) is 64.5 Å². The fraction of sp³-hybridized carbons (Fsp3) is 0.484. The molecule has 4 heteroatoms. The molecule has 0 aliphatic carbocycles. The molecule has 0 spiro atoms. The van der Waals surface area contributed by atoms with E-state index in [-0.39, 0.29) is 18.6 Å². The summed E-state index contributed by atoms with van der Waals surface area (Å²) in [5.41, 5.74) is 3.70. The Morgan fingerprint density at radius 2 is 1.40 bits per heavy atom. The average molecular weight is 500 g/mol. The van der Waals surface area contributed by atoms with E-state index in [9.17, 15) is 5.11 Å². The molecule has 0 aromatic heterocycles. The van der Waals surface area contributed by atoms with E-state index in [1.165, 1.54) is 11.1 Å². The van der Waals surface area contributed by atoms with Crippen LogP contribution in [0.2, 0.25) is 0 Å². The molecule has 1 unspecified atom stereocenters. The summed E-state index contributed by atoms with van der Waals surface area (Å²) in [4.78, 5) is 0. The number of quaternary nitrogens is 1. The van der Waals surface area contributed by atoms with Crippen molar-refractivity contribution in [2.24, 2.45) is 11.8 Å². The minimum absolute atomic E-state index is 0. The fourth-order valence-electron chi connectivity index (χ4n) is 4.33. The first-order valence-electron chi connectivity index (χ1n) is 12.8. The van der Waals surface area contributed by atoms with Gasteiger partial charge in [0.05, 0.1) is 27.2 Å². The van der Waals surface area contributed by atoms with Crippen molar-refractivity contribution in [3.05, 3.63) is 77.4 Å². The van der Waals surface area contributed by atoms with E-state index >= 15 is 0 Å². The van der Waals surface area contributed by atoms with Crippen LogP contribution in [0.5, 0.6) is 5.75 Å². The number of rotatable bonds is 9. The highest BCUT2D eigenvalue weighted by atomic mass is 35.5. The molecule has 0 amide bonds. The molecule has 0 saturated carbocycles. The minimum Gasteiger partial charge on any atom is -1.00 e. The second-order valence-electron chi connectivity index (χ2n) is 10.6. The van der Waals surface area contributed by atoms with Crippen molar-refractivity contribution in [1.82, 2.24) is 0 Å². The number of halogens is 1. The number of fused-ring (bicyclic) bond motifs is 1. The van der Waals surface area contributed by atoms with Gasteiger partial charge in [-0.1, -0.05) is 88.4 Å². The van der Waals surface area contributed by atoms with Gasteiger partial charge in [0.15, 0.2) is 0 Å². The summed E-state index contributed by atoms with van der Waals surface area (Å²) in [5, 5.41) is 12.7. The highest BCUT2D eigenvalue weighted by Gasteiger charge is 2.28. The number of hydrogen-bond donors (Lipinski definition) is 1. The Balaban J connectivity index is 0.000000350. The molecule has 3 rings (SSSR count). The number of hydrogen-bond acceptors (Lipinski definition) is 2. The molecule has 35 heavy (non-hydrogen) atoms. The lowest BCUT2D eigenvalue weighted by Gasteiger charge is -2.36. The zero-order valence-corrected chi connectivity index (χ0v) is 23.8. The minimum atomic E-state index is 0. The second-order valence-corrected chi connectivity index (χ2v) is 10.6. The van der Waals surface area contributed by atoms with Crippen molar-refractivity contribution in [1.29, 1.82) is 0 Å². The topological polar surface area (TPSA) is 29.5 Å². The van der Waals surface area contributed by atoms with Gasteiger partial charge in [0.25, 0.3) is 0 Å². The highest BCUT2D eigenvalue weighted by Crippen LogP contribution is 2.34. The number of aromatic hydroxyl groups is 1. The number of phenolic OH excluding ortho intramolecular Hbond substituents is 1. The van der Waals surface area contributed by atoms with E-state index < -0.39 is 0 Å². The van der Waals surface area contributed by atoms with Gasteiger partial charge >= 0.3 is 0 Å². The van der Waals surface area contributed by atoms with Crippen LogP contribution in [-0.2, 0) is 17.6 Å². The van der Waals surface area contributed by atoms with Crippen LogP contribution in [0.25, 0.3) is 10.8 Å². The Morgan fingerprint density at radius 1 is 0.829 bits per heavy atom. The Kier molecular flexibility index (Phi) is 12.8. The van der Waals surface area contributed by atoms with Gasteiger partial charge in [-0.05, 0) is 55.0 Å². The highest BCUT2D eigenvalue weighted by molar-refractivity contribution is 5.90. The van der Waals surface area contributed by atoms with Crippen LogP contribution in [0.3, 0.4) is 0 Å². The molecular weight excluding hydrogens is 454 g/mol. The van der Waals surface area contributed by atoms with Gasteiger partial charge in [-0.3, -0.25) is 4.48 Å². The second kappa shape index (κ2) is 14.5. The van der Waals surface area contributed by atoms with Crippen molar-refractivity contribution in [3.63, 3.8) is 0 Å². The van der Waals surface area contributed by atoms with Crippen molar-refractivity contribution in [2.45, 2.75) is 60.6 Å². The Morgan fingerprint density at radius 3 is 1.94 bits per heavy atom. The summed E-state index contributed by atoms with van der Waals surface area (Å²) in [6, 6.07) is 20.8. The van der Waals surface area contributed by atoms with Gasteiger partial charge in [-0.15, -0.1) is 0 Å². The third kappa shape index (κ3) is 8.83. The largest absolute Gasteiger partial charge is 1.00 e. The maximum absolute atomic E-state index is 10.6. The molecule has 194 valence electrons. The van der Waals surface area contributed by atoms with Crippen molar-refractivity contribution < 1.29 is 26.7 Å². The third-order valence-electron chi connectivity index (χ3n) is 6.32. The van der Waals surface area contributed by atoms with Gasteiger partial charge in [0.2, 0.25) is 6.23 Å². The molecule has 0 saturated heterocycles. The standard InChI is InChI=1S/C18H24O.C13H22NO.ClH/c1-12(2)9-15-11-14-7-5-6-8-16(14)18(19)17(15)10-13(3)4;1-5-14(3,4)13(15-6-2)12-10-8-7-9-11-12;/h5-8,11-13,19H,9-10H2,1-4H3;7-11,13H,5-6H2,1-4H3;1H/q;+1;/p-1. The lowest BCUT2D eigenvalue weighted by Crippen LogP contribution is -3.00. The molecule has 0 heterocycles. The molecule has 0 fully saturated rings. The van der Waals surface area contributed by atoms with E-state index in [1.807, 2.05) is 31.2 Å². The molecular formula is C31H46ClNO2. The number of phenols is 1. The fourth-order valence-corrected chi connectivity index (χ4v) is 4.33. The van der Waals surface area contributed by atoms with Crippen molar-refractivity contribution in [2.75, 3.05) is 27.2 Å². The predicted octanol–water partition coefficient (Wildman–Crippen LogP) is 4.76. The molecule has 3 aromatic carbocycles. The van der Waals surface area contributed by atoms with E-state index in [0.29, 0.717) is 17.6 Å². The van der Waals surface area contributed by atoms with E-state index in [0.717, 1.165) is 46.8 Å². The maximum Gasteiger partial charge on any atom is 0.219 e.